The Morgan fingerprint density at radius 3 is 2.70 bits per heavy atom. The van der Waals surface area contributed by atoms with E-state index in [1.165, 1.54) is 6.07 Å². The van der Waals surface area contributed by atoms with E-state index < -0.39 is 11.0 Å². The Bertz CT molecular complexity index is 518. The molecular weight excluding hydrogens is 330 g/mol. The number of anilines is 1. The van der Waals surface area contributed by atoms with Crippen LogP contribution in [-0.4, -0.2) is 28.7 Å². The van der Waals surface area contributed by atoms with E-state index in [0.29, 0.717) is 22.1 Å². The molecule has 1 aromatic carbocycles. The van der Waals surface area contributed by atoms with Gasteiger partial charge in [0, 0.05) is 16.1 Å². The zero-order valence-electron chi connectivity index (χ0n) is 11.1. The van der Waals surface area contributed by atoms with E-state index in [9.17, 15) is 14.9 Å². The minimum atomic E-state index is -0.523. The Hall–Kier alpha value is -1.67. The second-order valence-corrected chi connectivity index (χ2v) is 5.12. The molecule has 0 radical (unpaired) electrons. The van der Waals surface area contributed by atoms with Gasteiger partial charge in [0.1, 0.15) is 0 Å². The molecule has 110 valence electrons. The maximum Gasteiger partial charge on any atom is 0.319 e. The van der Waals surface area contributed by atoms with Gasteiger partial charge in [-0.1, -0.05) is 6.92 Å². The molecule has 0 aromatic heterocycles. The quantitative estimate of drug-likeness (QED) is 0.563. The van der Waals surface area contributed by atoms with Gasteiger partial charge in [-0.3, -0.25) is 10.1 Å². The topological polar surface area (TPSA) is 104 Å². The first-order valence-electron chi connectivity index (χ1n) is 6.02. The van der Waals surface area contributed by atoms with Gasteiger partial charge >= 0.3 is 6.03 Å². The van der Waals surface area contributed by atoms with Crippen molar-refractivity contribution in [1.82, 2.24) is 5.32 Å². The predicted octanol–water partition coefficient (Wildman–Crippen LogP) is 2.56. The number of nitro benzene ring substituents is 1. The molecule has 2 amide bonds. The molecule has 0 aliphatic rings. The molecule has 0 unspecified atom stereocenters. The molecule has 3 N–H and O–H groups in total. The number of nitrogens with one attached hydrogen (secondary N) is 2. The molecular formula is C12H16BrN3O4. The number of hydrogen-bond donors (Lipinski definition) is 3. The van der Waals surface area contributed by atoms with Crippen LogP contribution in [0.1, 0.15) is 18.9 Å². The Morgan fingerprint density at radius 1 is 1.55 bits per heavy atom. The van der Waals surface area contributed by atoms with Gasteiger partial charge in [-0.05, 0) is 35.3 Å². The van der Waals surface area contributed by atoms with Crippen molar-refractivity contribution in [2.75, 3.05) is 11.9 Å². The molecule has 0 saturated heterocycles. The third kappa shape index (κ3) is 4.17. The van der Waals surface area contributed by atoms with Gasteiger partial charge in [-0.2, -0.15) is 0 Å². The van der Waals surface area contributed by atoms with Crippen LogP contribution in [0.5, 0.6) is 0 Å². The molecule has 20 heavy (non-hydrogen) atoms. The van der Waals surface area contributed by atoms with Crippen LogP contribution >= 0.6 is 15.9 Å². The van der Waals surface area contributed by atoms with E-state index >= 15 is 0 Å². The molecule has 8 heteroatoms. The van der Waals surface area contributed by atoms with E-state index in [-0.39, 0.29) is 18.3 Å². The summed E-state index contributed by atoms with van der Waals surface area (Å²) in [5.41, 5.74) is 0.722. The number of hydrogen-bond acceptors (Lipinski definition) is 4. The summed E-state index contributed by atoms with van der Waals surface area (Å²) in [4.78, 5) is 22.1. The van der Waals surface area contributed by atoms with Gasteiger partial charge in [0.2, 0.25) is 0 Å². The molecule has 1 aromatic rings. The number of halogens is 1. The molecule has 0 saturated carbocycles. The van der Waals surface area contributed by atoms with Crippen molar-refractivity contribution in [1.29, 1.82) is 0 Å². The Balaban J connectivity index is 2.89. The number of carbonyl (C=O) groups is 1. The summed E-state index contributed by atoms with van der Waals surface area (Å²) >= 11 is 3.24. The Labute approximate surface area is 124 Å². The second-order valence-electron chi connectivity index (χ2n) is 4.26. The van der Waals surface area contributed by atoms with Gasteiger partial charge in [-0.25, -0.2) is 4.79 Å². The monoisotopic (exact) mass is 345 g/mol. The zero-order chi connectivity index (χ0) is 15.3. The maximum atomic E-state index is 11.7. The lowest BCUT2D eigenvalue weighted by atomic mass is 10.2. The molecule has 0 heterocycles. The molecule has 0 spiro atoms. The van der Waals surface area contributed by atoms with Crippen LogP contribution in [0.2, 0.25) is 0 Å². The second kappa shape index (κ2) is 7.20. The van der Waals surface area contributed by atoms with Crippen molar-refractivity contribution in [2.45, 2.75) is 26.3 Å². The smallest absolute Gasteiger partial charge is 0.319 e. The summed E-state index contributed by atoms with van der Waals surface area (Å²) in [7, 11) is 0. The summed E-state index contributed by atoms with van der Waals surface area (Å²) in [6.45, 7) is 3.28. The van der Waals surface area contributed by atoms with Gasteiger partial charge < -0.3 is 15.7 Å². The number of benzene rings is 1. The fourth-order valence-corrected chi connectivity index (χ4v) is 2.13. The molecule has 0 aliphatic carbocycles. The van der Waals surface area contributed by atoms with Crippen LogP contribution < -0.4 is 10.6 Å². The summed E-state index contributed by atoms with van der Waals surface area (Å²) in [6.07, 6.45) is 0.582. The molecule has 0 fully saturated rings. The van der Waals surface area contributed by atoms with E-state index in [4.69, 9.17) is 5.11 Å². The van der Waals surface area contributed by atoms with Crippen LogP contribution in [0.3, 0.4) is 0 Å². The van der Waals surface area contributed by atoms with Crippen molar-refractivity contribution in [3.8, 4) is 0 Å². The first-order chi connectivity index (χ1) is 9.38. The highest BCUT2D eigenvalue weighted by Gasteiger charge is 2.16. The fraction of sp³-hybridized carbons (Fsp3) is 0.417. The van der Waals surface area contributed by atoms with Gasteiger partial charge in [0.25, 0.3) is 5.69 Å². The van der Waals surface area contributed by atoms with Crippen LogP contribution in [0.25, 0.3) is 0 Å². The number of aliphatic hydroxyl groups is 1. The van der Waals surface area contributed by atoms with E-state index in [0.717, 1.165) is 0 Å². The van der Waals surface area contributed by atoms with Crippen molar-refractivity contribution in [2.24, 2.45) is 0 Å². The Morgan fingerprint density at radius 2 is 2.20 bits per heavy atom. The summed E-state index contributed by atoms with van der Waals surface area (Å²) in [6, 6.07) is 1.98. The van der Waals surface area contributed by atoms with Crippen molar-refractivity contribution in [3.63, 3.8) is 0 Å². The predicted molar refractivity (Wildman–Crippen MR) is 78.9 cm³/mol. The van der Waals surface area contributed by atoms with E-state index in [2.05, 4.69) is 26.6 Å². The van der Waals surface area contributed by atoms with Gasteiger partial charge in [-0.15, -0.1) is 0 Å². The largest absolute Gasteiger partial charge is 0.394 e. The minimum absolute atomic E-state index is 0.0716. The molecule has 1 atom stereocenters. The number of nitro groups is 1. The molecule has 0 bridgehead atoms. The molecule has 7 nitrogen and oxygen atoms in total. The summed E-state index contributed by atoms with van der Waals surface area (Å²) < 4.78 is 0.549. The van der Waals surface area contributed by atoms with E-state index in [1.54, 1.807) is 13.0 Å². The third-order valence-electron chi connectivity index (χ3n) is 2.78. The van der Waals surface area contributed by atoms with E-state index in [1.807, 2.05) is 6.92 Å². The van der Waals surface area contributed by atoms with Crippen LogP contribution in [-0.2, 0) is 0 Å². The lowest BCUT2D eigenvalue weighted by molar-refractivity contribution is -0.385. The Kier molecular flexibility index (Phi) is 5.90. The average molecular weight is 346 g/mol. The van der Waals surface area contributed by atoms with Crippen molar-refractivity contribution in [3.05, 3.63) is 32.3 Å². The number of rotatable bonds is 5. The fourth-order valence-electron chi connectivity index (χ4n) is 1.57. The highest BCUT2D eigenvalue weighted by molar-refractivity contribution is 9.10. The SMILES string of the molecule is CC[C@@H](CO)NC(=O)Nc1cc([N+](=O)[O-])c(C)cc1Br. The summed E-state index contributed by atoms with van der Waals surface area (Å²) in [5, 5.41) is 25.0. The van der Waals surface area contributed by atoms with Crippen molar-refractivity contribution >= 4 is 33.3 Å². The van der Waals surface area contributed by atoms with Crippen molar-refractivity contribution < 1.29 is 14.8 Å². The van der Waals surface area contributed by atoms with Gasteiger partial charge in [0.15, 0.2) is 0 Å². The number of carbonyl (C=O) groups excluding carboxylic acids is 1. The molecule has 0 aliphatic heterocycles. The number of aliphatic hydroxyl groups excluding tert-OH is 1. The lowest BCUT2D eigenvalue weighted by Gasteiger charge is -2.15. The number of aryl methyl sites for hydroxylation is 1. The standard InChI is InChI=1S/C12H16BrN3O4/c1-3-8(6-17)14-12(18)15-10-5-11(16(19)20)7(2)4-9(10)13/h4-5,8,17H,3,6H2,1-2H3,(H2,14,15,18)/t8-/m0/s1. The van der Waals surface area contributed by atoms with Crippen LogP contribution in [0.4, 0.5) is 16.2 Å². The third-order valence-corrected chi connectivity index (χ3v) is 3.43. The number of amides is 2. The normalized spacial score (nSPS) is 11.8. The van der Waals surface area contributed by atoms with Crippen LogP contribution in [0.15, 0.2) is 16.6 Å². The van der Waals surface area contributed by atoms with Gasteiger partial charge in [0.05, 0.1) is 23.3 Å². The number of urea groups is 1. The highest BCUT2D eigenvalue weighted by atomic mass is 79.9. The zero-order valence-corrected chi connectivity index (χ0v) is 12.7. The highest BCUT2D eigenvalue weighted by Crippen LogP contribution is 2.30. The maximum absolute atomic E-state index is 11.7. The average Bonchev–Trinajstić information content (AvgIpc) is 2.38. The molecule has 1 rings (SSSR count). The van der Waals surface area contributed by atoms with Crippen LogP contribution in [0, 0.1) is 17.0 Å². The number of nitrogens with zero attached hydrogens (tertiary/aromatic N) is 1. The lowest BCUT2D eigenvalue weighted by Crippen LogP contribution is -2.39. The first-order valence-corrected chi connectivity index (χ1v) is 6.81. The first kappa shape index (κ1) is 16.4. The summed E-state index contributed by atoms with van der Waals surface area (Å²) in [5.74, 6) is 0. The minimum Gasteiger partial charge on any atom is -0.394 e.